The van der Waals surface area contributed by atoms with E-state index in [-0.39, 0.29) is 12.0 Å². The van der Waals surface area contributed by atoms with Crippen LogP contribution in [0.5, 0.6) is 0 Å². The minimum absolute atomic E-state index is 0.222. The van der Waals surface area contributed by atoms with Gasteiger partial charge < -0.3 is 5.11 Å². The van der Waals surface area contributed by atoms with Gasteiger partial charge in [0.05, 0.1) is 10.7 Å². The highest BCUT2D eigenvalue weighted by atomic mass is 32.1. The molecule has 19 heavy (non-hydrogen) atoms. The van der Waals surface area contributed by atoms with Gasteiger partial charge in [-0.15, -0.1) is 11.3 Å². The lowest BCUT2D eigenvalue weighted by atomic mass is 9.91. The first-order valence-electron chi connectivity index (χ1n) is 7.02. The third kappa shape index (κ3) is 3.54. The lowest BCUT2D eigenvalue weighted by Gasteiger charge is -2.36. The Bertz CT molecular complexity index is 433. The molecule has 0 saturated carbocycles. The molecular formula is C14H22N2O2S. The third-order valence-corrected chi connectivity index (χ3v) is 4.68. The largest absolute Gasteiger partial charge is 0.480 e. The van der Waals surface area contributed by atoms with E-state index in [4.69, 9.17) is 0 Å². The van der Waals surface area contributed by atoms with Gasteiger partial charge in [-0.25, -0.2) is 4.98 Å². The summed E-state index contributed by atoms with van der Waals surface area (Å²) in [5.41, 5.74) is 1.02. The number of carbonyl (C=O) groups is 1. The smallest absolute Gasteiger partial charge is 0.321 e. The molecule has 0 aliphatic carbocycles. The zero-order chi connectivity index (χ0) is 13.8. The molecule has 1 aromatic rings. The third-order valence-electron chi connectivity index (χ3n) is 3.72. The van der Waals surface area contributed by atoms with Crippen LogP contribution in [0.2, 0.25) is 0 Å². The van der Waals surface area contributed by atoms with E-state index in [0.29, 0.717) is 6.54 Å². The van der Waals surface area contributed by atoms with E-state index >= 15 is 0 Å². The van der Waals surface area contributed by atoms with E-state index in [1.165, 1.54) is 0 Å². The highest BCUT2D eigenvalue weighted by Gasteiger charge is 2.34. The van der Waals surface area contributed by atoms with Crippen molar-refractivity contribution in [2.24, 2.45) is 5.92 Å². The van der Waals surface area contributed by atoms with Crippen LogP contribution in [0.1, 0.15) is 43.8 Å². The second kappa shape index (κ2) is 6.48. The number of aryl methyl sites for hydroxylation is 1. The first-order chi connectivity index (χ1) is 9.11. The van der Waals surface area contributed by atoms with Crippen LogP contribution in [0.25, 0.3) is 0 Å². The monoisotopic (exact) mass is 282 g/mol. The fourth-order valence-electron chi connectivity index (χ4n) is 2.81. The Morgan fingerprint density at radius 2 is 2.42 bits per heavy atom. The van der Waals surface area contributed by atoms with Crippen LogP contribution in [0.3, 0.4) is 0 Å². The average Bonchev–Trinajstić information content (AvgIpc) is 2.76. The summed E-state index contributed by atoms with van der Waals surface area (Å²) in [7, 11) is 0. The topological polar surface area (TPSA) is 53.4 Å². The normalized spacial score (nSPS) is 24.5. The van der Waals surface area contributed by atoms with E-state index in [2.05, 4.69) is 22.2 Å². The van der Waals surface area contributed by atoms with Crippen molar-refractivity contribution >= 4 is 17.3 Å². The molecule has 0 bridgehead atoms. The molecule has 4 nitrogen and oxygen atoms in total. The molecule has 0 radical (unpaired) electrons. The lowest BCUT2D eigenvalue weighted by molar-refractivity contribution is -0.147. The van der Waals surface area contributed by atoms with Crippen molar-refractivity contribution in [3.05, 3.63) is 16.1 Å². The van der Waals surface area contributed by atoms with Gasteiger partial charge in [0.2, 0.25) is 0 Å². The Labute approximate surface area is 118 Å². The van der Waals surface area contributed by atoms with Gasteiger partial charge in [0.25, 0.3) is 0 Å². The minimum atomic E-state index is -0.698. The number of thiazole rings is 1. The Morgan fingerprint density at radius 3 is 3.11 bits per heavy atom. The molecule has 1 aliphatic heterocycles. The van der Waals surface area contributed by atoms with Gasteiger partial charge in [-0.1, -0.05) is 13.8 Å². The maximum Gasteiger partial charge on any atom is 0.321 e. The Hall–Kier alpha value is -0.940. The summed E-state index contributed by atoms with van der Waals surface area (Å²) in [4.78, 5) is 18.1. The van der Waals surface area contributed by atoms with Gasteiger partial charge in [0.1, 0.15) is 6.04 Å². The van der Waals surface area contributed by atoms with Crippen LogP contribution in [0, 0.1) is 5.92 Å². The SMILES string of the molecule is CCCc1nc(CN2CCCC(C)C2C(=O)O)cs1. The van der Waals surface area contributed by atoms with E-state index < -0.39 is 5.97 Å². The Kier molecular flexibility index (Phi) is 4.93. The maximum absolute atomic E-state index is 11.4. The van der Waals surface area contributed by atoms with Gasteiger partial charge in [-0.05, 0) is 38.1 Å². The van der Waals surface area contributed by atoms with E-state index in [1.807, 2.05) is 6.92 Å². The number of carboxylic acids is 1. The molecule has 1 aliphatic rings. The molecule has 1 N–H and O–H groups in total. The summed E-state index contributed by atoms with van der Waals surface area (Å²) < 4.78 is 0. The van der Waals surface area contributed by atoms with Crippen molar-refractivity contribution in [1.82, 2.24) is 9.88 Å². The van der Waals surface area contributed by atoms with Gasteiger partial charge in [0.15, 0.2) is 0 Å². The van der Waals surface area contributed by atoms with E-state index in [9.17, 15) is 9.90 Å². The summed E-state index contributed by atoms with van der Waals surface area (Å²) in [5.74, 6) is -0.476. The second-order valence-corrected chi connectivity index (χ2v) is 6.30. The van der Waals surface area contributed by atoms with Crippen LogP contribution >= 0.6 is 11.3 Å². The van der Waals surface area contributed by atoms with E-state index in [1.54, 1.807) is 11.3 Å². The Balaban J connectivity index is 2.04. The van der Waals surface area contributed by atoms with Gasteiger partial charge >= 0.3 is 5.97 Å². The molecule has 2 unspecified atom stereocenters. The molecule has 0 aromatic carbocycles. The lowest BCUT2D eigenvalue weighted by Crippen LogP contribution is -2.48. The fourth-order valence-corrected chi connectivity index (χ4v) is 3.70. The van der Waals surface area contributed by atoms with Gasteiger partial charge in [0, 0.05) is 11.9 Å². The highest BCUT2D eigenvalue weighted by molar-refractivity contribution is 7.09. The van der Waals surface area contributed by atoms with Crippen LogP contribution in [-0.2, 0) is 17.8 Å². The summed E-state index contributed by atoms with van der Waals surface area (Å²) in [6.07, 6.45) is 4.21. The standard InChI is InChI=1S/C14H22N2O2S/c1-3-5-12-15-11(9-19-12)8-16-7-4-6-10(2)13(16)14(17)18/h9-10,13H,3-8H2,1-2H3,(H,17,18). The number of rotatable bonds is 5. The van der Waals surface area contributed by atoms with Crippen LogP contribution in [0.4, 0.5) is 0 Å². The van der Waals surface area contributed by atoms with Gasteiger partial charge in [-0.3, -0.25) is 9.69 Å². The summed E-state index contributed by atoms with van der Waals surface area (Å²) in [6, 6.07) is -0.356. The summed E-state index contributed by atoms with van der Waals surface area (Å²) in [5, 5.41) is 12.6. The van der Waals surface area contributed by atoms with Crippen molar-refractivity contribution in [2.45, 2.75) is 52.1 Å². The molecule has 2 heterocycles. The molecule has 0 spiro atoms. The minimum Gasteiger partial charge on any atom is -0.480 e. The first kappa shape index (κ1) is 14.5. The number of nitrogens with zero attached hydrogens (tertiary/aromatic N) is 2. The number of hydrogen-bond donors (Lipinski definition) is 1. The van der Waals surface area contributed by atoms with Crippen molar-refractivity contribution in [2.75, 3.05) is 6.54 Å². The van der Waals surface area contributed by atoms with Gasteiger partial charge in [-0.2, -0.15) is 0 Å². The van der Waals surface area contributed by atoms with Crippen LogP contribution < -0.4 is 0 Å². The zero-order valence-corrected chi connectivity index (χ0v) is 12.4. The predicted octanol–water partition coefficient (Wildman–Crippen LogP) is 2.78. The molecular weight excluding hydrogens is 260 g/mol. The molecule has 1 saturated heterocycles. The second-order valence-electron chi connectivity index (χ2n) is 5.36. The summed E-state index contributed by atoms with van der Waals surface area (Å²) >= 11 is 1.69. The molecule has 1 aromatic heterocycles. The highest BCUT2D eigenvalue weighted by Crippen LogP contribution is 2.25. The van der Waals surface area contributed by atoms with Crippen molar-refractivity contribution < 1.29 is 9.90 Å². The number of aromatic nitrogens is 1. The van der Waals surface area contributed by atoms with E-state index in [0.717, 1.165) is 42.9 Å². The predicted molar refractivity (Wildman–Crippen MR) is 76.3 cm³/mol. The Morgan fingerprint density at radius 1 is 1.63 bits per heavy atom. The number of hydrogen-bond acceptors (Lipinski definition) is 4. The number of piperidine rings is 1. The molecule has 2 rings (SSSR count). The number of likely N-dealkylation sites (tertiary alicyclic amines) is 1. The maximum atomic E-state index is 11.4. The van der Waals surface area contributed by atoms with Crippen molar-refractivity contribution in [1.29, 1.82) is 0 Å². The summed E-state index contributed by atoms with van der Waals surface area (Å²) in [6.45, 7) is 5.71. The van der Waals surface area contributed by atoms with Crippen LogP contribution in [-0.4, -0.2) is 33.5 Å². The van der Waals surface area contributed by atoms with Crippen LogP contribution in [0.15, 0.2) is 5.38 Å². The molecule has 2 atom stereocenters. The molecule has 106 valence electrons. The fraction of sp³-hybridized carbons (Fsp3) is 0.714. The molecule has 5 heteroatoms. The molecule has 0 amide bonds. The average molecular weight is 282 g/mol. The quantitative estimate of drug-likeness (QED) is 0.902. The number of aliphatic carboxylic acids is 1. The first-order valence-corrected chi connectivity index (χ1v) is 7.90. The molecule has 1 fully saturated rings. The zero-order valence-electron chi connectivity index (χ0n) is 11.6. The van der Waals surface area contributed by atoms with Crippen molar-refractivity contribution in [3.63, 3.8) is 0 Å². The number of carboxylic acid groups (broad SMARTS) is 1. The van der Waals surface area contributed by atoms with Crippen molar-refractivity contribution in [3.8, 4) is 0 Å².